The highest BCUT2D eigenvalue weighted by molar-refractivity contribution is 5.07. The molecule has 3 heteroatoms. The van der Waals surface area contributed by atoms with Crippen molar-refractivity contribution in [2.45, 2.75) is 6.54 Å². The summed E-state index contributed by atoms with van der Waals surface area (Å²) in [5.74, 6) is 0. The van der Waals surface area contributed by atoms with Crippen LogP contribution in [-0.4, -0.2) is 30.0 Å². The van der Waals surface area contributed by atoms with Gasteiger partial charge in [0.05, 0.1) is 0 Å². The summed E-state index contributed by atoms with van der Waals surface area (Å²) < 4.78 is 0. The fourth-order valence-electron chi connectivity index (χ4n) is 1.07. The highest BCUT2D eigenvalue weighted by Crippen LogP contribution is 1.99. The zero-order valence-electron chi connectivity index (χ0n) is 6.88. The molecule has 3 N–H and O–H groups in total. The van der Waals surface area contributed by atoms with Gasteiger partial charge in [0.25, 0.3) is 0 Å². The molecule has 3 nitrogen and oxygen atoms in total. The van der Waals surface area contributed by atoms with Crippen molar-refractivity contribution in [3.8, 4) is 0 Å². The van der Waals surface area contributed by atoms with Crippen LogP contribution in [-0.2, 0) is 6.54 Å². The van der Waals surface area contributed by atoms with E-state index in [4.69, 9.17) is 5.73 Å². The highest BCUT2D eigenvalue weighted by atomic mass is 15.1. The van der Waals surface area contributed by atoms with Gasteiger partial charge < -0.3 is 15.6 Å². The summed E-state index contributed by atoms with van der Waals surface area (Å²) >= 11 is 0. The Labute approximate surface area is 67.2 Å². The number of nitrogens with two attached hydrogens (primary N) is 1. The summed E-state index contributed by atoms with van der Waals surface area (Å²) in [7, 11) is 2.07. The first kappa shape index (κ1) is 8.30. The van der Waals surface area contributed by atoms with Gasteiger partial charge in [-0.1, -0.05) is 0 Å². The van der Waals surface area contributed by atoms with Gasteiger partial charge in [-0.2, -0.15) is 0 Å². The third-order valence-corrected chi connectivity index (χ3v) is 1.63. The molecule has 1 rings (SSSR count). The van der Waals surface area contributed by atoms with Crippen molar-refractivity contribution < 1.29 is 0 Å². The van der Waals surface area contributed by atoms with Gasteiger partial charge in [0.15, 0.2) is 0 Å². The Kier molecular flexibility index (Phi) is 3.14. The van der Waals surface area contributed by atoms with Crippen LogP contribution >= 0.6 is 0 Å². The third kappa shape index (κ3) is 2.74. The maximum absolute atomic E-state index is 5.41. The molecule has 0 bridgehead atoms. The Bertz CT molecular complexity index is 181. The Morgan fingerprint density at radius 1 is 1.64 bits per heavy atom. The molecule has 0 aliphatic heterocycles. The molecule has 62 valence electrons. The van der Waals surface area contributed by atoms with Crippen LogP contribution in [0.3, 0.4) is 0 Å². The molecule has 1 heterocycles. The van der Waals surface area contributed by atoms with Crippen molar-refractivity contribution in [3.05, 3.63) is 24.0 Å². The average molecular weight is 153 g/mol. The van der Waals surface area contributed by atoms with Crippen molar-refractivity contribution in [1.29, 1.82) is 0 Å². The van der Waals surface area contributed by atoms with E-state index in [-0.39, 0.29) is 0 Å². The second-order valence-electron chi connectivity index (χ2n) is 2.75. The van der Waals surface area contributed by atoms with E-state index < -0.39 is 0 Å². The third-order valence-electron chi connectivity index (χ3n) is 1.63. The molecule has 1 aromatic rings. The van der Waals surface area contributed by atoms with Gasteiger partial charge in [0.2, 0.25) is 0 Å². The van der Waals surface area contributed by atoms with Crippen LogP contribution in [0.4, 0.5) is 0 Å². The molecule has 0 fully saturated rings. The summed E-state index contributed by atoms with van der Waals surface area (Å²) in [6.07, 6.45) is 3.94. The molecule has 0 aliphatic rings. The van der Waals surface area contributed by atoms with Gasteiger partial charge in [-0.3, -0.25) is 0 Å². The van der Waals surface area contributed by atoms with Gasteiger partial charge in [0, 0.05) is 32.0 Å². The Morgan fingerprint density at radius 2 is 2.45 bits per heavy atom. The van der Waals surface area contributed by atoms with E-state index in [2.05, 4.69) is 23.0 Å². The van der Waals surface area contributed by atoms with Gasteiger partial charge >= 0.3 is 0 Å². The van der Waals surface area contributed by atoms with Gasteiger partial charge in [-0.15, -0.1) is 0 Å². The first-order valence-corrected chi connectivity index (χ1v) is 3.83. The number of H-pyrrole nitrogens is 1. The number of hydrogen-bond acceptors (Lipinski definition) is 2. The topological polar surface area (TPSA) is 45.0 Å². The molecule has 0 saturated carbocycles. The van der Waals surface area contributed by atoms with Crippen molar-refractivity contribution in [1.82, 2.24) is 9.88 Å². The Morgan fingerprint density at radius 3 is 3.00 bits per heavy atom. The summed E-state index contributed by atoms with van der Waals surface area (Å²) in [5.41, 5.74) is 6.72. The van der Waals surface area contributed by atoms with Crippen molar-refractivity contribution in [2.75, 3.05) is 20.1 Å². The summed E-state index contributed by atoms with van der Waals surface area (Å²) in [4.78, 5) is 5.22. The monoisotopic (exact) mass is 153 g/mol. The second-order valence-corrected chi connectivity index (χ2v) is 2.75. The molecule has 0 atom stereocenters. The minimum absolute atomic E-state index is 0.723. The second kappa shape index (κ2) is 4.16. The number of rotatable bonds is 4. The number of nitrogens with one attached hydrogen (secondary N) is 1. The lowest BCUT2D eigenvalue weighted by Gasteiger charge is -2.13. The smallest absolute Gasteiger partial charge is 0.0246 e. The van der Waals surface area contributed by atoms with E-state index in [0.717, 1.165) is 19.6 Å². The lowest BCUT2D eigenvalue weighted by atomic mass is 10.3. The molecule has 0 aliphatic carbocycles. The maximum atomic E-state index is 5.41. The molecule has 1 aromatic heterocycles. The zero-order valence-corrected chi connectivity index (χ0v) is 6.88. The predicted octanol–water partition coefficient (Wildman–Crippen LogP) is 0.405. The predicted molar refractivity (Wildman–Crippen MR) is 46.2 cm³/mol. The number of hydrogen-bond donors (Lipinski definition) is 2. The zero-order chi connectivity index (χ0) is 8.10. The molecule has 0 saturated heterocycles. The molecular weight excluding hydrogens is 138 g/mol. The van der Waals surface area contributed by atoms with E-state index >= 15 is 0 Å². The van der Waals surface area contributed by atoms with Crippen molar-refractivity contribution >= 4 is 0 Å². The summed E-state index contributed by atoms with van der Waals surface area (Å²) in [6.45, 7) is 2.65. The number of aromatic nitrogens is 1. The first-order chi connectivity index (χ1) is 5.33. The van der Waals surface area contributed by atoms with E-state index in [0.29, 0.717) is 0 Å². The molecule has 0 unspecified atom stereocenters. The van der Waals surface area contributed by atoms with Gasteiger partial charge in [-0.05, 0) is 18.7 Å². The summed E-state index contributed by atoms with van der Waals surface area (Å²) in [5, 5.41) is 0. The molecule has 0 amide bonds. The minimum Gasteiger partial charge on any atom is -0.367 e. The van der Waals surface area contributed by atoms with Crippen LogP contribution in [0, 0.1) is 0 Å². The quantitative estimate of drug-likeness (QED) is 0.658. The first-order valence-electron chi connectivity index (χ1n) is 3.83. The lowest BCUT2D eigenvalue weighted by Crippen LogP contribution is -2.24. The van der Waals surface area contributed by atoms with Gasteiger partial charge in [-0.25, -0.2) is 0 Å². The fraction of sp³-hybridized carbons (Fsp3) is 0.500. The Balaban J connectivity index is 2.31. The number of aromatic amines is 1. The molecule has 0 aromatic carbocycles. The van der Waals surface area contributed by atoms with E-state index in [9.17, 15) is 0 Å². The van der Waals surface area contributed by atoms with Crippen molar-refractivity contribution in [2.24, 2.45) is 5.73 Å². The largest absolute Gasteiger partial charge is 0.367 e. The van der Waals surface area contributed by atoms with E-state index in [1.165, 1.54) is 5.56 Å². The molecule has 11 heavy (non-hydrogen) atoms. The molecule has 0 radical (unpaired) electrons. The van der Waals surface area contributed by atoms with E-state index in [1.54, 1.807) is 0 Å². The van der Waals surface area contributed by atoms with Crippen LogP contribution in [0.5, 0.6) is 0 Å². The van der Waals surface area contributed by atoms with Crippen LogP contribution in [0.15, 0.2) is 18.5 Å². The highest BCUT2D eigenvalue weighted by Gasteiger charge is 1.97. The molecule has 0 spiro atoms. The Hall–Kier alpha value is -0.800. The summed E-state index contributed by atoms with van der Waals surface area (Å²) in [6, 6.07) is 2.08. The van der Waals surface area contributed by atoms with Crippen LogP contribution in [0.2, 0.25) is 0 Å². The van der Waals surface area contributed by atoms with Gasteiger partial charge in [0.1, 0.15) is 0 Å². The lowest BCUT2D eigenvalue weighted by molar-refractivity contribution is 0.336. The van der Waals surface area contributed by atoms with Crippen molar-refractivity contribution in [3.63, 3.8) is 0 Å². The molecular formula is C8H15N3. The SMILES string of the molecule is CN(CCN)Cc1cc[nH]c1. The van der Waals surface area contributed by atoms with Crippen LogP contribution in [0.25, 0.3) is 0 Å². The standard InChI is InChI=1S/C8H15N3/c1-11(5-3-9)7-8-2-4-10-6-8/h2,4,6,10H,3,5,7,9H2,1H3. The average Bonchev–Trinajstić information content (AvgIpc) is 2.40. The number of nitrogens with zero attached hydrogens (tertiary/aromatic N) is 1. The number of likely N-dealkylation sites (N-methyl/N-ethyl adjacent to an activating group) is 1. The minimum atomic E-state index is 0.723. The van der Waals surface area contributed by atoms with E-state index in [1.807, 2.05) is 12.4 Å². The fourth-order valence-corrected chi connectivity index (χ4v) is 1.07. The normalized spacial score (nSPS) is 10.8. The maximum Gasteiger partial charge on any atom is 0.0246 e. The van der Waals surface area contributed by atoms with Crippen LogP contribution in [0.1, 0.15) is 5.56 Å². The van der Waals surface area contributed by atoms with Crippen LogP contribution < -0.4 is 5.73 Å².